The highest BCUT2D eigenvalue weighted by atomic mass is 31.1. The lowest BCUT2D eigenvalue weighted by molar-refractivity contribution is 0.0797. The van der Waals surface area contributed by atoms with Gasteiger partial charge in [0.1, 0.15) is 12.2 Å². The molecular formula is C7H16O6P2+2. The van der Waals surface area contributed by atoms with Crippen molar-refractivity contribution in [1.29, 1.82) is 0 Å². The van der Waals surface area contributed by atoms with Crippen molar-refractivity contribution in [3.8, 4) is 0 Å². The van der Waals surface area contributed by atoms with Crippen molar-refractivity contribution < 1.29 is 27.2 Å². The molecule has 0 aliphatic carbocycles. The van der Waals surface area contributed by atoms with Crippen LogP contribution in [0.3, 0.4) is 0 Å². The minimum absolute atomic E-state index is 0.200. The van der Waals surface area contributed by atoms with Crippen LogP contribution >= 0.6 is 16.5 Å². The second kappa shape index (κ2) is 8.22. The van der Waals surface area contributed by atoms with Crippen LogP contribution in [-0.4, -0.2) is 19.0 Å². The van der Waals surface area contributed by atoms with Crippen LogP contribution in [-0.2, 0) is 27.2 Å². The predicted octanol–water partition coefficient (Wildman–Crippen LogP) is 3.14. The van der Waals surface area contributed by atoms with E-state index in [-0.39, 0.29) is 19.0 Å². The molecule has 0 aromatic carbocycles. The van der Waals surface area contributed by atoms with Crippen molar-refractivity contribution in [2.75, 3.05) is 6.79 Å². The fourth-order valence-corrected chi connectivity index (χ4v) is 1.69. The van der Waals surface area contributed by atoms with Crippen LogP contribution in [0, 0.1) is 0 Å². The molecule has 0 rings (SSSR count). The van der Waals surface area contributed by atoms with Crippen LogP contribution in [0.4, 0.5) is 0 Å². The van der Waals surface area contributed by atoms with Crippen LogP contribution in [0.2, 0.25) is 0 Å². The fraction of sp³-hybridized carbons (Fsp3) is 1.00. The Morgan fingerprint density at radius 2 is 1.20 bits per heavy atom. The van der Waals surface area contributed by atoms with Crippen molar-refractivity contribution in [2.45, 2.75) is 39.9 Å². The summed E-state index contributed by atoms with van der Waals surface area (Å²) < 4.78 is 40.7. The zero-order valence-corrected chi connectivity index (χ0v) is 11.0. The van der Waals surface area contributed by atoms with Crippen LogP contribution < -0.4 is 0 Å². The van der Waals surface area contributed by atoms with Gasteiger partial charge in [0, 0.05) is 9.13 Å². The van der Waals surface area contributed by atoms with Crippen LogP contribution in [0.5, 0.6) is 0 Å². The summed E-state index contributed by atoms with van der Waals surface area (Å²) in [6, 6.07) is 0. The van der Waals surface area contributed by atoms with E-state index in [9.17, 15) is 9.13 Å². The number of hydrogen-bond donors (Lipinski definition) is 0. The third-order valence-corrected chi connectivity index (χ3v) is 2.73. The molecule has 0 fully saturated rings. The van der Waals surface area contributed by atoms with Crippen molar-refractivity contribution in [3.63, 3.8) is 0 Å². The molecule has 0 heterocycles. The molecule has 0 aromatic heterocycles. The van der Waals surface area contributed by atoms with Gasteiger partial charge < -0.3 is 0 Å². The molecule has 88 valence electrons. The Kier molecular flexibility index (Phi) is 8.24. The highest BCUT2D eigenvalue weighted by molar-refractivity contribution is 7.34. The normalized spacial score (nSPS) is 13.5. The maximum Gasteiger partial charge on any atom is 0.700 e. The highest BCUT2D eigenvalue weighted by Crippen LogP contribution is 2.30. The zero-order chi connectivity index (χ0) is 11.8. The minimum Gasteiger partial charge on any atom is -0.116 e. The largest absolute Gasteiger partial charge is 0.700 e. The van der Waals surface area contributed by atoms with E-state index in [1.807, 2.05) is 0 Å². The summed E-state index contributed by atoms with van der Waals surface area (Å²) in [5.41, 5.74) is 0. The third-order valence-electron chi connectivity index (χ3n) is 0.910. The SMILES string of the molecule is CC(C)O[P+](=O)OCO[P+](=O)OC(C)C. The van der Waals surface area contributed by atoms with Crippen LogP contribution in [0.15, 0.2) is 0 Å². The van der Waals surface area contributed by atoms with E-state index in [2.05, 4.69) is 9.05 Å². The molecular weight excluding hydrogens is 242 g/mol. The monoisotopic (exact) mass is 258 g/mol. The molecule has 0 aliphatic rings. The zero-order valence-electron chi connectivity index (χ0n) is 9.21. The predicted molar refractivity (Wildman–Crippen MR) is 54.7 cm³/mol. The van der Waals surface area contributed by atoms with E-state index in [1.165, 1.54) is 0 Å². The van der Waals surface area contributed by atoms with Gasteiger partial charge in [-0.15, -0.1) is 9.05 Å². The van der Waals surface area contributed by atoms with E-state index in [0.717, 1.165) is 0 Å². The van der Waals surface area contributed by atoms with E-state index < -0.39 is 16.5 Å². The maximum atomic E-state index is 10.9. The Bertz CT molecular complexity index is 196. The first-order valence-corrected chi connectivity index (χ1v) is 6.64. The summed E-state index contributed by atoms with van der Waals surface area (Å²) in [4.78, 5) is 0. The van der Waals surface area contributed by atoms with Gasteiger partial charge in [-0.05, 0) is 27.7 Å². The first kappa shape index (κ1) is 15.0. The molecule has 6 nitrogen and oxygen atoms in total. The molecule has 0 amide bonds. The van der Waals surface area contributed by atoms with Gasteiger partial charge >= 0.3 is 16.5 Å². The second-order valence-corrected chi connectivity index (χ2v) is 4.96. The summed E-state index contributed by atoms with van der Waals surface area (Å²) >= 11 is 0. The van der Waals surface area contributed by atoms with Crippen LogP contribution in [0.1, 0.15) is 27.7 Å². The lowest BCUT2D eigenvalue weighted by Gasteiger charge is -1.92. The van der Waals surface area contributed by atoms with Crippen LogP contribution in [0.25, 0.3) is 0 Å². The molecule has 8 heteroatoms. The Morgan fingerprint density at radius 3 is 1.47 bits per heavy atom. The Hall–Kier alpha value is 0.0400. The lowest BCUT2D eigenvalue weighted by atomic mass is 10.5. The smallest absolute Gasteiger partial charge is 0.116 e. The molecule has 15 heavy (non-hydrogen) atoms. The molecule has 2 unspecified atom stereocenters. The molecule has 0 aliphatic heterocycles. The van der Waals surface area contributed by atoms with Gasteiger partial charge in [-0.2, -0.15) is 0 Å². The van der Waals surface area contributed by atoms with Gasteiger partial charge in [0.25, 0.3) is 6.79 Å². The Morgan fingerprint density at radius 1 is 0.867 bits per heavy atom. The molecule has 0 saturated carbocycles. The second-order valence-electron chi connectivity index (χ2n) is 3.13. The van der Waals surface area contributed by atoms with Crippen molar-refractivity contribution in [3.05, 3.63) is 0 Å². The fourth-order valence-electron chi connectivity index (χ4n) is 0.515. The molecule has 0 saturated heterocycles. The van der Waals surface area contributed by atoms with E-state index in [0.29, 0.717) is 0 Å². The van der Waals surface area contributed by atoms with Crippen molar-refractivity contribution >= 4 is 16.5 Å². The first-order chi connectivity index (χ1) is 6.91. The van der Waals surface area contributed by atoms with Gasteiger partial charge in [0.05, 0.1) is 0 Å². The standard InChI is InChI=1S/C7H16O6P2/c1-6(2)12-14(8)10-5-11-15(9)13-7(3)4/h6-7H,5H2,1-4H3/q+2. The van der Waals surface area contributed by atoms with Crippen molar-refractivity contribution in [1.82, 2.24) is 0 Å². The maximum absolute atomic E-state index is 10.9. The highest BCUT2D eigenvalue weighted by Gasteiger charge is 2.28. The Balaban J connectivity index is 3.53. The summed E-state index contributed by atoms with van der Waals surface area (Å²) in [6.45, 7) is 6.50. The van der Waals surface area contributed by atoms with E-state index >= 15 is 0 Å². The van der Waals surface area contributed by atoms with E-state index in [4.69, 9.17) is 9.05 Å². The minimum atomic E-state index is -2.23. The van der Waals surface area contributed by atoms with E-state index in [1.54, 1.807) is 27.7 Å². The third kappa shape index (κ3) is 10.3. The summed E-state index contributed by atoms with van der Waals surface area (Å²) in [5, 5.41) is 0. The number of hydrogen-bond acceptors (Lipinski definition) is 6. The molecule has 0 spiro atoms. The first-order valence-electron chi connectivity index (χ1n) is 4.45. The quantitative estimate of drug-likeness (QED) is 0.492. The molecule has 2 atom stereocenters. The van der Waals surface area contributed by atoms with Gasteiger partial charge in [-0.1, -0.05) is 9.05 Å². The molecule has 0 aromatic rings. The summed E-state index contributed by atoms with van der Waals surface area (Å²) in [5.74, 6) is 0. The lowest BCUT2D eigenvalue weighted by Crippen LogP contribution is -1.99. The summed E-state index contributed by atoms with van der Waals surface area (Å²) in [7, 11) is -4.46. The molecule has 0 radical (unpaired) electrons. The topological polar surface area (TPSA) is 71.1 Å². The summed E-state index contributed by atoms with van der Waals surface area (Å²) in [6.07, 6.45) is -0.399. The van der Waals surface area contributed by atoms with Crippen molar-refractivity contribution in [2.24, 2.45) is 0 Å². The number of rotatable bonds is 8. The average molecular weight is 258 g/mol. The Labute approximate surface area is 91.1 Å². The molecule has 0 bridgehead atoms. The van der Waals surface area contributed by atoms with Gasteiger partial charge in [-0.3, -0.25) is 0 Å². The average Bonchev–Trinajstić information content (AvgIpc) is 2.00. The van der Waals surface area contributed by atoms with Gasteiger partial charge in [0.2, 0.25) is 0 Å². The van der Waals surface area contributed by atoms with Gasteiger partial charge in [0.15, 0.2) is 0 Å². The van der Waals surface area contributed by atoms with Gasteiger partial charge in [-0.25, -0.2) is 0 Å². The molecule has 0 N–H and O–H groups in total.